The highest BCUT2D eigenvalue weighted by Crippen LogP contribution is 2.14. The van der Waals surface area contributed by atoms with Gasteiger partial charge in [0.05, 0.1) is 13.7 Å². The van der Waals surface area contributed by atoms with Crippen molar-refractivity contribution in [3.05, 3.63) is 99.9 Å². The number of pyridine rings is 1. The molecule has 0 radical (unpaired) electrons. The Morgan fingerprint density at radius 1 is 1.06 bits per heavy atom. The summed E-state index contributed by atoms with van der Waals surface area (Å²) in [7, 11) is 1.58. The summed E-state index contributed by atoms with van der Waals surface area (Å²) in [6, 6.07) is 16.4. The maximum atomic E-state index is 13.1. The van der Waals surface area contributed by atoms with Crippen LogP contribution in [-0.4, -0.2) is 27.6 Å². The Morgan fingerprint density at radius 3 is 2.48 bits per heavy atom. The molecular weight excluding hydrogens is 399 g/mol. The highest BCUT2D eigenvalue weighted by Gasteiger charge is 2.18. The molecule has 0 saturated carbocycles. The molecule has 7 nitrogen and oxygen atoms in total. The number of benzene rings is 2. The summed E-state index contributed by atoms with van der Waals surface area (Å²) >= 11 is 0. The van der Waals surface area contributed by atoms with E-state index in [9.17, 15) is 14.0 Å². The molecule has 0 saturated heterocycles. The number of methoxy groups -OCH3 is 1. The minimum Gasteiger partial charge on any atom is -0.497 e. The second-order valence-electron chi connectivity index (χ2n) is 6.86. The minimum atomic E-state index is -0.608. The van der Waals surface area contributed by atoms with Gasteiger partial charge >= 0.3 is 0 Å². The van der Waals surface area contributed by atoms with Crippen LogP contribution >= 0.6 is 0 Å². The maximum absolute atomic E-state index is 13.1. The molecular formula is C23H19FN4O3. The fourth-order valence-electron chi connectivity index (χ4n) is 3.15. The molecule has 8 heteroatoms. The molecule has 0 aliphatic rings. The van der Waals surface area contributed by atoms with Crippen LogP contribution in [-0.2, 0) is 13.1 Å². The second kappa shape index (κ2) is 8.74. The Kier molecular flexibility index (Phi) is 5.70. The summed E-state index contributed by atoms with van der Waals surface area (Å²) in [4.78, 5) is 34.4. The molecule has 31 heavy (non-hydrogen) atoms. The van der Waals surface area contributed by atoms with E-state index in [1.807, 2.05) is 12.1 Å². The summed E-state index contributed by atoms with van der Waals surface area (Å²) in [6.07, 6.45) is 1.57. The summed E-state index contributed by atoms with van der Waals surface area (Å²) in [6.45, 7) is 0.362. The molecule has 2 aromatic carbocycles. The van der Waals surface area contributed by atoms with Crippen molar-refractivity contribution >= 4 is 17.1 Å². The van der Waals surface area contributed by atoms with Gasteiger partial charge < -0.3 is 10.1 Å². The third-order valence-electron chi connectivity index (χ3n) is 4.78. The van der Waals surface area contributed by atoms with Crippen molar-refractivity contribution in [1.82, 2.24) is 19.9 Å². The number of nitrogens with one attached hydrogen (secondary N) is 1. The van der Waals surface area contributed by atoms with E-state index in [4.69, 9.17) is 4.74 Å². The van der Waals surface area contributed by atoms with Gasteiger partial charge in [-0.05, 0) is 47.5 Å². The first-order chi connectivity index (χ1) is 15.0. The van der Waals surface area contributed by atoms with Crippen molar-refractivity contribution in [2.45, 2.75) is 13.1 Å². The molecule has 4 aromatic rings. The largest absolute Gasteiger partial charge is 0.497 e. The van der Waals surface area contributed by atoms with Crippen LogP contribution in [0.1, 0.15) is 21.6 Å². The lowest BCUT2D eigenvalue weighted by molar-refractivity contribution is 0.0944. The highest BCUT2D eigenvalue weighted by molar-refractivity contribution is 5.93. The van der Waals surface area contributed by atoms with Crippen molar-refractivity contribution in [1.29, 1.82) is 0 Å². The van der Waals surface area contributed by atoms with E-state index in [0.717, 1.165) is 5.56 Å². The van der Waals surface area contributed by atoms with Gasteiger partial charge in [0.1, 0.15) is 17.1 Å². The number of hydrogen-bond donors (Lipinski definition) is 1. The van der Waals surface area contributed by atoms with Crippen molar-refractivity contribution in [3.8, 4) is 5.75 Å². The number of amides is 1. The van der Waals surface area contributed by atoms with Gasteiger partial charge in [-0.25, -0.2) is 14.4 Å². The Labute approximate surface area is 177 Å². The third kappa shape index (κ3) is 4.42. The summed E-state index contributed by atoms with van der Waals surface area (Å²) in [5.41, 5.74) is 1.60. The van der Waals surface area contributed by atoms with E-state index in [-0.39, 0.29) is 24.6 Å². The van der Waals surface area contributed by atoms with Crippen LogP contribution in [0.5, 0.6) is 5.75 Å². The Balaban J connectivity index is 1.67. The van der Waals surface area contributed by atoms with Crippen molar-refractivity contribution < 1.29 is 13.9 Å². The van der Waals surface area contributed by atoms with Gasteiger partial charge in [0, 0.05) is 12.7 Å². The number of halogens is 1. The van der Waals surface area contributed by atoms with Gasteiger partial charge in [0.25, 0.3) is 11.5 Å². The number of rotatable bonds is 6. The number of carbonyl (C=O) groups is 1. The van der Waals surface area contributed by atoms with Crippen LogP contribution in [0.4, 0.5) is 4.39 Å². The predicted octanol–water partition coefficient (Wildman–Crippen LogP) is 2.92. The topological polar surface area (TPSA) is 86.1 Å². The van der Waals surface area contributed by atoms with E-state index < -0.39 is 11.5 Å². The maximum Gasteiger partial charge on any atom is 0.284 e. The highest BCUT2D eigenvalue weighted by atomic mass is 19.1. The Hall–Kier alpha value is -4.07. The van der Waals surface area contributed by atoms with Gasteiger partial charge in [-0.1, -0.05) is 24.3 Å². The van der Waals surface area contributed by atoms with Crippen molar-refractivity contribution in [3.63, 3.8) is 0 Å². The Bertz CT molecular complexity index is 1290. The molecule has 0 atom stereocenters. The molecule has 0 spiro atoms. The number of fused-ring (bicyclic) bond motifs is 1. The lowest BCUT2D eigenvalue weighted by atomic mass is 10.2. The molecule has 0 aliphatic carbocycles. The third-order valence-corrected chi connectivity index (χ3v) is 4.78. The van der Waals surface area contributed by atoms with E-state index in [1.165, 1.54) is 16.7 Å². The number of hydrogen-bond acceptors (Lipinski definition) is 5. The zero-order valence-corrected chi connectivity index (χ0v) is 16.7. The SMILES string of the molecule is COc1ccc(Cn2c(=O)c(C(=O)NCc3ccc(F)cc3)nc3cccnc32)cc1. The standard InChI is InChI=1S/C23H19FN4O3/c1-31-18-10-6-16(7-11-18)14-28-21-19(3-2-12-25-21)27-20(23(28)30)22(29)26-13-15-4-8-17(24)9-5-15/h2-12H,13-14H2,1H3,(H,26,29). The molecule has 1 N–H and O–H groups in total. The summed E-state index contributed by atoms with van der Waals surface area (Å²) in [5.74, 6) is -0.265. The van der Waals surface area contributed by atoms with Crippen LogP contribution in [0.2, 0.25) is 0 Å². The first-order valence-corrected chi connectivity index (χ1v) is 9.56. The number of carbonyl (C=O) groups excluding carboxylic acids is 1. The summed E-state index contributed by atoms with van der Waals surface area (Å²) < 4.78 is 19.7. The zero-order chi connectivity index (χ0) is 21.8. The quantitative estimate of drug-likeness (QED) is 0.520. The van der Waals surface area contributed by atoms with E-state index in [0.29, 0.717) is 22.5 Å². The van der Waals surface area contributed by atoms with Crippen LogP contribution in [0.3, 0.4) is 0 Å². The van der Waals surface area contributed by atoms with E-state index in [2.05, 4.69) is 15.3 Å². The number of nitrogens with zero attached hydrogens (tertiary/aromatic N) is 3. The number of ether oxygens (including phenoxy) is 1. The van der Waals surface area contributed by atoms with Crippen LogP contribution in [0.15, 0.2) is 71.7 Å². The molecule has 156 valence electrons. The smallest absolute Gasteiger partial charge is 0.284 e. The molecule has 2 heterocycles. The first kappa shape index (κ1) is 20.2. The summed E-state index contributed by atoms with van der Waals surface area (Å²) in [5, 5.41) is 2.67. The molecule has 0 aliphatic heterocycles. The van der Waals surface area contributed by atoms with E-state index in [1.54, 1.807) is 49.7 Å². The molecule has 2 aromatic heterocycles. The van der Waals surface area contributed by atoms with Crippen molar-refractivity contribution in [2.75, 3.05) is 7.11 Å². The van der Waals surface area contributed by atoms with Crippen LogP contribution in [0, 0.1) is 5.82 Å². The average Bonchev–Trinajstić information content (AvgIpc) is 2.80. The minimum absolute atomic E-state index is 0.143. The normalized spacial score (nSPS) is 10.8. The van der Waals surface area contributed by atoms with Gasteiger partial charge in [-0.3, -0.25) is 14.2 Å². The van der Waals surface area contributed by atoms with Crippen molar-refractivity contribution in [2.24, 2.45) is 0 Å². The molecule has 1 amide bonds. The Morgan fingerprint density at radius 2 is 1.77 bits per heavy atom. The molecule has 0 bridgehead atoms. The monoisotopic (exact) mass is 418 g/mol. The lowest BCUT2D eigenvalue weighted by Crippen LogP contribution is -2.35. The van der Waals surface area contributed by atoms with E-state index >= 15 is 0 Å². The van der Waals surface area contributed by atoms with Gasteiger partial charge in [-0.15, -0.1) is 0 Å². The van der Waals surface area contributed by atoms with Gasteiger partial charge in [-0.2, -0.15) is 0 Å². The first-order valence-electron chi connectivity index (χ1n) is 9.56. The fourth-order valence-corrected chi connectivity index (χ4v) is 3.15. The van der Waals surface area contributed by atoms with Crippen LogP contribution in [0.25, 0.3) is 11.2 Å². The molecule has 0 fully saturated rings. The molecule has 4 rings (SSSR count). The van der Waals surface area contributed by atoms with Gasteiger partial charge in [0.15, 0.2) is 11.3 Å². The molecule has 0 unspecified atom stereocenters. The zero-order valence-electron chi connectivity index (χ0n) is 16.7. The van der Waals surface area contributed by atoms with Gasteiger partial charge in [0.2, 0.25) is 0 Å². The second-order valence-corrected chi connectivity index (χ2v) is 6.86. The average molecular weight is 418 g/mol. The van der Waals surface area contributed by atoms with Crippen LogP contribution < -0.4 is 15.6 Å². The fraction of sp³-hybridized carbons (Fsp3) is 0.130. The number of aromatic nitrogens is 3. The predicted molar refractivity (Wildman–Crippen MR) is 113 cm³/mol. The lowest BCUT2D eigenvalue weighted by Gasteiger charge is -2.12.